The van der Waals surface area contributed by atoms with Crippen LogP contribution in [-0.2, 0) is 11.3 Å². The van der Waals surface area contributed by atoms with Gasteiger partial charge in [0.05, 0.1) is 0 Å². The lowest BCUT2D eigenvalue weighted by molar-refractivity contribution is -0.115. The summed E-state index contributed by atoms with van der Waals surface area (Å²) in [5.74, 6) is 2.30. The van der Waals surface area contributed by atoms with Gasteiger partial charge in [0.15, 0.2) is 11.5 Å². The Morgan fingerprint density at radius 2 is 1.89 bits per heavy atom. The van der Waals surface area contributed by atoms with E-state index in [1.54, 1.807) is 11.8 Å². The fourth-order valence-corrected chi connectivity index (χ4v) is 3.52. The molecule has 0 fully saturated rings. The van der Waals surface area contributed by atoms with E-state index in [1.165, 1.54) is 0 Å². The number of hydrogen-bond donors (Lipinski definition) is 2. The third kappa shape index (κ3) is 6.34. The van der Waals surface area contributed by atoms with Crippen molar-refractivity contribution in [1.82, 2.24) is 5.32 Å². The number of amides is 1. The van der Waals surface area contributed by atoms with Crippen molar-refractivity contribution in [3.05, 3.63) is 48.0 Å². The van der Waals surface area contributed by atoms with Gasteiger partial charge in [-0.2, -0.15) is 0 Å². The highest BCUT2D eigenvalue weighted by Gasteiger charge is 2.12. The average Bonchev–Trinajstić information content (AvgIpc) is 2.67. The first-order valence-electron chi connectivity index (χ1n) is 8.87. The van der Waals surface area contributed by atoms with Crippen LogP contribution in [0.3, 0.4) is 0 Å². The van der Waals surface area contributed by atoms with Gasteiger partial charge in [-0.15, -0.1) is 24.2 Å². The molecule has 1 aliphatic heterocycles. The molecule has 0 radical (unpaired) electrons. The summed E-state index contributed by atoms with van der Waals surface area (Å²) in [6.07, 6.45) is 0.453. The third-order valence-corrected chi connectivity index (χ3v) is 4.96. The Labute approximate surface area is 170 Å². The number of para-hydroxylation sites is 1. The number of ether oxygens (including phenoxy) is 2. The molecule has 0 saturated heterocycles. The van der Waals surface area contributed by atoms with E-state index in [0.717, 1.165) is 40.7 Å². The van der Waals surface area contributed by atoms with Crippen molar-refractivity contribution in [2.45, 2.75) is 24.8 Å². The Morgan fingerprint density at radius 3 is 2.70 bits per heavy atom. The lowest BCUT2D eigenvalue weighted by Gasteiger charge is -2.18. The van der Waals surface area contributed by atoms with Gasteiger partial charge in [-0.25, -0.2) is 0 Å². The van der Waals surface area contributed by atoms with Crippen LogP contribution in [-0.4, -0.2) is 31.4 Å². The number of fused-ring (bicyclic) bond motifs is 1. The Morgan fingerprint density at radius 1 is 1.11 bits per heavy atom. The van der Waals surface area contributed by atoms with Gasteiger partial charge in [0.2, 0.25) is 5.91 Å². The van der Waals surface area contributed by atoms with Crippen LogP contribution in [0.25, 0.3) is 0 Å². The van der Waals surface area contributed by atoms with E-state index in [4.69, 9.17) is 9.47 Å². The summed E-state index contributed by atoms with van der Waals surface area (Å²) in [6.45, 7) is 4.88. The molecular formula is C20H25ClN2O3S. The molecule has 0 bridgehead atoms. The Kier molecular flexibility index (Phi) is 8.78. The minimum Gasteiger partial charge on any atom is -0.486 e. The van der Waals surface area contributed by atoms with Gasteiger partial charge in [-0.3, -0.25) is 4.79 Å². The van der Waals surface area contributed by atoms with E-state index in [0.29, 0.717) is 25.4 Å². The molecule has 3 rings (SSSR count). The van der Waals surface area contributed by atoms with Crippen LogP contribution in [0.5, 0.6) is 11.5 Å². The summed E-state index contributed by atoms with van der Waals surface area (Å²) >= 11 is 1.64. The number of carbonyl (C=O) groups is 1. The lowest BCUT2D eigenvalue weighted by atomic mass is 10.1. The summed E-state index contributed by atoms with van der Waals surface area (Å²) in [6, 6.07) is 13.8. The van der Waals surface area contributed by atoms with Gasteiger partial charge < -0.3 is 20.1 Å². The largest absolute Gasteiger partial charge is 0.486 e. The molecule has 0 aromatic heterocycles. The second kappa shape index (κ2) is 11.1. The molecule has 0 aliphatic carbocycles. The number of anilines is 1. The first-order chi connectivity index (χ1) is 12.8. The van der Waals surface area contributed by atoms with Gasteiger partial charge in [0.25, 0.3) is 0 Å². The van der Waals surface area contributed by atoms with Crippen LogP contribution in [0.15, 0.2) is 47.4 Å². The summed E-state index contributed by atoms with van der Waals surface area (Å²) in [5, 5.41) is 6.31. The normalized spacial score (nSPS) is 12.2. The topological polar surface area (TPSA) is 59.6 Å². The molecule has 1 heterocycles. The molecule has 7 heteroatoms. The van der Waals surface area contributed by atoms with E-state index in [1.807, 2.05) is 42.5 Å². The predicted molar refractivity (Wildman–Crippen MR) is 112 cm³/mol. The quantitative estimate of drug-likeness (QED) is 0.643. The van der Waals surface area contributed by atoms with E-state index in [2.05, 4.69) is 17.6 Å². The molecule has 2 aromatic rings. The van der Waals surface area contributed by atoms with Crippen LogP contribution >= 0.6 is 24.2 Å². The zero-order chi connectivity index (χ0) is 18.2. The maximum atomic E-state index is 12.3. The van der Waals surface area contributed by atoms with Crippen molar-refractivity contribution in [3.8, 4) is 11.5 Å². The van der Waals surface area contributed by atoms with Gasteiger partial charge >= 0.3 is 0 Å². The molecule has 1 amide bonds. The monoisotopic (exact) mass is 408 g/mol. The van der Waals surface area contributed by atoms with Crippen LogP contribution in [0.2, 0.25) is 0 Å². The van der Waals surface area contributed by atoms with Gasteiger partial charge in [0, 0.05) is 29.3 Å². The molecule has 1 aliphatic rings. The lowest BCUT2D eigenvalue weighted by Crippen LogP contribution is -2.17. The molecule has 0 unspecified atom stereocenters. The van der Waals surface area contributed by atoms with E-state index >= 15 is 0 Å². The zero-order valence-corrected chi connectivity index (χ0v) is 17.0. The third-order valence-electron chi connectivity index (χ3n) is 3.97. The van der Waals surface area contributed by atoms with Crippen molar-refractivity contribution in [2.75, 3.05) is 30.8 Å². The van der Waals surface area contributed by atoms with Crippen LogP contribution in [0, 0.1) is 0 Å². The molecule has 146 valence electrons. The fourth-order valence-electron chi connectivity index (χ4n) is 2.64. The molecule has 27 heavy (non-hydrogen) atoms. The number of benzene rings is 2. The van der Waals surface area contributed by atoms with Crippen molar-refractivity contribution >= 4 is 35.8 Å². The van der Waals surface area contributed by atoms with Gasteiger partial charge in [0.1, 0.15) is 13.2 Å². The minimum atomic E-state index is 0. The van der Waals surface area contributed by atoms with Crippen molar-refractivity contribution in [3.63, 3.8) is 0 Å². The van der Waals surface area contributed by atoms with Gasteiger partial charge in [-0.1, -0.05) is 25.1 Å². The summed E-state index contributed by atoms with van der Waals surface area (Å²) < 4.78 is 11.1. The average molecular weight is 409 g/mol. The maximum absolute atomic E-state index is 12.3. The highest BCUT2D eigenvalue weighted by molar-refractivity contribution is 7.99. The summed E-state index contributed by atoms with van der Waals surface area (Å²) in [4.78, 5) is 13.4. The van der Waals surface area contributed by atoms with E-state index in [-0.39, 0.29) is 18.3 Å². The molecule has 0 atom stereocenters. The number of thioether (sulfide) groups is 1. The van der Waals surface area contributed by atoms with E-state index < -0.39 is 0 Å². The molecule has 5 nitrogen and oxygen atoms in total. The summed E-state index contributed by atoms with van der Waals surface area (Å²) in [5.41, 5.74) is 1.98. The Balaban J connectivity index is 0.00000261. The van der Waals surface area contributed by atoms with E-state index in [9.17, 15) is 4.79 Å². The van der Waals surface area contributed by atoms with Crippen LogP contribution in [0.1, 0.15) is 18.9 Å². The SMILES string of the molecule is CCNCc1ccccc1NC(=O)CCSc1ccc2c(c1)OCCO2.Cl. The van der Waals surface area contributed by atoms with Crippen molar-refractivity contribution in [1.29, 1.82) is 0 Å². The van der Waals surface area contributed by atoms with Crippen LogP contribution < -0.4 is 20.1 Å². The maximum Gasteiger partial charge on any atom is 0.225 e. The fraction of sp³-hybridized carbons (Fsp3) is 0.350. The second-order valence-electron chi connectivity index (χ2n) is 5.89. The van der Waals surface area contributed by atoms with Crippen LogP contribution in [0.4, 0.5) is 5.69 Å². The molecule has 2 N–H and O–H groups in total. The minimum absolute atomic E-state index is 0. The molecule has 0 saturated carbocycles. The molecular weight excluding hydrogens is 384 g/mol. The zero-order valence-electron chi connectivity index (χ0n) is 15.3. The number of carbonyl (C=O) groups excluding carboxylic acids is 1. The Hall–Kier alpha value is -1.89. The number of halogens is 1. The standard InChI is InChI=1S/C20H24N2O3S.ClH/c1-2-21-14-15-5-3-4-6-17(15)22-20(23)9-12-26-16-7-8-18-19(13-16)25-11-10-24-18;/h3-8,13,21H,2,9-12,14H2,1H3,(H,22,23);1H. The second-order valence-corrected chi connectivity index (χ2v) is 7.06. The highest BCUT2D eigenvalue weighted by atomic mass is 35.5. The number of hydrogen-bond acceptors (Lipinski definition) is 5. The first kappa shape index (κ1) is 21.4. The number of rotatable bonds is 8. The molecule has 2 aromatic carbocycles. The van der Waals surface area contributed by atoms with Crippen molar-refractivity contribution < 1.29 is 14.3 Å². The highest BCUT2D eigenvalue weighted by Crippen LogP contribution is 2.34. The smallest absolute Gasteiger partial charge is 0.225 e. The predicted octanol–water partition coefficient (Wildman–Crippen LogP) is 4.11. The van der Waals surface area contributed by atoms with Crippen molar-refractivity contribution in [2.24, 2.45) is 0 Å². The Bertz CT molecular complexity index is 758. The number of nitrogens with one attached hydrogen (secondary N) is 2. The first-order valence-corrected chi connectivity index (χ1v) is 9.85. The van der Waals surface area contributed by atoms with Gasteiger partial charge in [-0.05, 0) is 36.4 Å². The summed E-state index contributed by atoms with van der Waals surface area (Å²) in [7, 11) is 0. The molecule has 0 spiro atoms.